The van der Waals surface area contributed by atoms with E-state index in [9.17, 15) is 4.79 Å². The summed E-state index contributed by atoms with van der Waals surface area (Å²) >= 11 is 5.84. The second kappa shape index (κ2) is 6.03. The van der Waals surface area contributed by atoms with Crippen LogP contribution < -0.4 is 0 Å². The van der Waals surface area contributed by atoms with Gasteiger partial charge < -0.3 is 9.15 Å². The van der Waals surface area contributed by atoms with Crippen LogP contribution in [0.1, 0.15) is 16.2 Å². The Morgan fingerprint density at radius 2 is 2.09 bits per heavy atom. The average Bonchev–Trinajstić information content (AvgIpc) is 3.15. The van der Waals surface area contributed by atoms with E-state index in [1.807, 2.05) is 12.1 Å². The van der Waals surface area contributed by atoms with Crippen LogP contribution in [0, 0.1) is 0 Å². The summed E-state index contributed by atoms with van der Waals surface area (Å²) in [5, 5.41) is 4.56. The summed E-state index contributed by atoms with van der Waals surface area (Å²) in [5.74, 6) is 0.436. The number of aromatic nitrogens is 3. The number of hydrogen-bond acceptors (Lipinski definition) is 5. The molecule has 0 atom stereocenters. The van der Waals surface area contributed by atoms with E-state index in [1.54, 1.807) is 31.6 Å². The van der Waals surface area contributed by atoms with E-state index >= 15 is 0 Å². The van der Waals surface area contributed by atoms with Gasteiger partial charge in [-0.15, -0.1) is 0 Å². The minimum absolute atomic E-state index is 0.0404. The first-order valence-corrected chi connectivity index (χ1v) is 6.86. The monoisotopic (exact) mass is 317 g/mol. The number of carbonyl (C=O) groups excluding carboxylic acids is 1. The number of benzene rings is 1. The lowest BCUT2D eigenvalue weighted by Gasteiger charge is -1.99. The summed E-state index contributed by atoms with van der Waals surface area (Å²) in [7, 11) is 1.73. The summed E-state index contributed by atoms with van der Waals surface area (Å²) in [4.78, 5) is 15.9. The fourth-order valence-electron chi connectivity index (χ4n) is 1.86. The molecule has 2 heterocycles. The number of aryl methyl sites for hydroxylation is 1. The molecule has 6 nitrogen and oxygen atoms in total. The van der Waals surface area contributed by atoms with Gasteiger partial charge in [0.2, 0.25) is 5.89 Å². The molecule has 2 aromatic heterocycles. The molecule has 0 saturated heterocycles. The Hall–Kier alpha value is -2.60. The van der Waals surface area contributed by atoms with Crippen LogP contribution in [0.5, 0.6) is 0 Å². The molecule has 0 bridgehead atoms. The predicted octanol–water partition coefficient (Wildman–Crippen LogP) is 3.09. The molecular weight excluding hydrogens is 306 g/mol. The highest BCUT2D eigenvalue weighted by molar-refractivity contribution is 6.30. The van der Waals surface area contributed by atoms with Crippen molar-refractivity contribution in [1.82, 2.24) is 14.8 Å². The van der Waals surface area contributed by atoms with Crippen molar-refractivity contribution in [2.24, 2.45) is 7.05 Å². The summed E-state index contributed by atoms with van der Waals surface area (Å²) in [6.07, 6.45) is 4.60. The van der Waals surface area contributed by atoms with Gasteiger partial charge in [0.25, 0.3) is 0 Å². The standard InChI is InChI=1S/C15H12ClN3O3/c1-19-8-11(6-18-19)15(20)21-9-14-17-7-13(22-14)10-2-4-12(16)5-3-10/h2-8H,9H2,1H3. The molecule has 1 aromatic carbocycles. The van der Waals surface area contributed by atoms with Crippen molar-refractivity contribution >= 4 is 17.6 Å². The summed E-state index contributed by atoms with van der Waals surface area (Å²) < 4.78 is 12.2. The number of rotatable bonds is 4. The lowest BCUT2D eigenvalue weighted by molar-refractivity contribution is 0.0439. The maximum absolute atomic E-state index is 11.8. The Morgan fingerprint density at radius 1 is 1.32 bits per heavy atom. The molecule has 0 fully saturated rings. The normalized spacial score (nSPS) is 10.6. The summed E-state index contributed by atoms with van der Waals surface area (Å²) in [5.41, 5.74) is 1.23. The van der Waals surface area contributed by atoms with Crippen LogP contribution >= 0.6 is 11.6 Å². The van der Waals surface area contributed by atoms with Crippen molar-refractivity contribution in [2.75, 3.05) is 0 Å². The zero-order valence-corrected chi connectivity index (χ0v) is 12.4. The second-order valence-electron chi connectivity index (χ2n) is 4.60. The molecule has 7 heteroatoms. The Bertz CT molecular complexity index is 792. The highest BCUT2D eigenvalue weighted by atomic mass is 35.5. The minimum atomic E-state index is -0.473. The quantitative estimate of drug-likeness (QED) is 0.692. The Balaban J connectivity index is 1.64. The van der Waals surface area contributed by atoms with Crippen molar-refractivity contribution in [3.8, 4) is 11.3 Å². The Kier molecular flexibility index (Phi) is 3.93. The zero-order chi connectivity index (χ0) is 15.5. The molecule has 3 rings (SSSR count). The third kappa shape index (κ3) is 3.17. The van der Waals surface area contributed by atoms with Gasteiger partial charge in [0.05, 0.1) is 18.0 Å². The van der Waals surface area contributed by atoms with Gasteiger partial charge in [0, 0.05) is 23.8 Å². The third-order valence-electron chi connectivity index (χ3n) is 2.95. The van der Waals surface area contributed by atoms with Crippen LogP contribution in [0.2, 0.25) is 5.02 Å². The molecule has 0 aliphatic carbocycles. The molecular formula is C15H12ClN3O3. The predicted molar refractivity (Wildman–Crippen MR) is 79.3 cm³/mol. The topological polar surface area (TPSA) is 70.2 Å². The number of nitrogens with zero attached hydrogens (tertiary/aromatic N) is 3. The fraction of sp³-hybridized carbons (Fsp3) is 0.133. The minimum Gasteiger partial charge on any atom is -0.452 e. The molecule has 22 heavy (non-hydrogen) atoms. The first kappa shape index (κ1) is 14.3. The van der Waals surface area contributed by atoms with E-state index in [2.05, 4.69) is 10.1 Å². The zero-order valence-electron chi connectivity index (χ0n) is 11.7. The lowest BCUT2D eigenvalue weighted by atomic mass is 10.2. The first-order valence-electron chi connectivity index (χ1n) is 6.48. The maximum atomic E-state index is 11.8. The van der Waals surface area contributed by atoms with Crippen molar-refractivity contribution in [1.29, 1.82) is 0 Å². The molecule has 0 saturated carbocycles. The molecule has 0 aliphatic heterocycles. The van der Waals surface area contributed by atoms with Crippen molar-refractivity contribution in [3.63, 3.8) is 0 Å². The molecule has 112 valence electrons. The van der Waals surface area contributed by atoms with Gasteiger partial charge in [-0.1, -0.05) is 11.6 Å². The molecule has 0 N–H and O–H groups in total. The molecule has 0 radical (unpaired) electrons. The van der Waals surface area contributed by atoms with Gasteiger partial charge in [0.15, 0.2) is 12.4 Å². The van der Waals surface area contributed by atoms with E-state index in [4.69, 9.17) is 20.8 Å². The van der Waals surface area contributed by atoms with Crippen LogP contribution in [0.15, 0.2) is 47.3 Å². The lowest BCUT2D eigenvalue weighted by Crippen LogP contribution is -2.04. The van der Waals surface area contributed by atoms with Gasteiger partial charge in [-0.05, 0) is 24.3 Å². The molecule has 0 aliphatic rings. The van der Waals surface area contributed by atoms with Gasteiger partial charge >= 0.3 is 5.97 Å². The molecule has 0 unspecified atom stereocenters. The average molecular weight is 318 g/mol. The number of esters is 1. The van der Waals surface area contributed by atoms with Gasteiger partial charge in [-0.3, -0.25) is 4.68 Å². The van der Waals surface area contributed by atoms with Crippen LogP contribution in [-0.2, 0) is 18.4 Å². The fourth-order valence-corrected chi connectivity index (χ4v) is 1.99. The largest absolute Gasteiger partial charge is 0.452 e. The Morgan fingerprint density at radius 3 is 2.77 bits per heavy atom. The summed E-state index contributed by atoms with van der Waals surface area (Å²) in [6, 6.07) is 7.19. The SMILES string of the molecule is Cn1cc(C(=O)OCc2ncc(-c3ccc(Cl)cc3)o2)cn1. The van der Waals surface area contributed by atoms with Crippen molar-refractivity contribution in [3.05, 3.63) is 59.3 Å². The van der Waals surface area contributed by atoms with E-state index in [0.717, 1.165) is 5.56 Å². The smallest absolute Gasteiger partial charge is 0.341 e. The van der Waals surface area contributed by atoms with Crippen LogP contribution in [0.4, 0.5) is 0 Å². The highest BCUT2D eigenvalue weighted by Gasteiger charge is 2.12. The maximum Gasteiger partial charge on any atom is 0.341 e. The van der Waals surface area contributed by atoms with E-state index in [1.165, 1.54) is 10.9 Å². The second-order valence-corrected chi connectivity index (χ2v) is 5.04. The van der Waals surface area contributed by atoms with E-state index in [0.29, 0.717) is 22.2 Å². The number of oxazole rings is 1. The van der Waals surface area contributed by atoms with Crippen LogP contribution in [-0.4, -0.2) is 20.7 Å². The number of ether oxygens (including phenoxy) is 1. The van der Waals surface area contributed by atoms with Gasteiger partial charge in [0.1, 0.15) is 0 Å². The number of hydrogen-bond donors (Lipinski definition) is 0. The highest BCUT2D eigenvalue weighted by Crippen LogP contribution is 2.22. The van der Waals surface area contributed by atoms with E-state index < -0.39 is 5.97 Å². The Labute approximate surface area is 131 Å². The van der Waals surface area contributed by atoms with Gasteiger partial charge in [-0.25, -0.2) is 9.78 Å². The van der Waals surface area contributed by atoms with Gasteiger partial charge in [-0.2, -0.15) is 5.10 Å². The number of halogens is 1. The van der Waals surface area contributed by atoms with Crippen molar-refractivity contribution in [2.45, 2.75) is 6.61 Å². The van der Waals surface area contributed by atoms with E-state index in [-0.39, 0.29) is 6.61 Å². The van der Waals surface area contributed by atoms with Crippen molar-refractivity contribution < 1.29 is 13.9 Å². The first-order chi connectivity index (χ1) is 10.6. The molecule has 0 amide bonds. The number of carbonyl (C=O) groups is 1. The molecule has 0 spiro atoms. The third-order valence-corrected chi connectivity index (χ3v) is 3.20. The van der Waals surface area contributed by atoms with Crippen LogP contribution in [0.25, 0.3) is 11.3 Å². The van der Waals surface area contributed by atoms with Crippen LogP contribution in [0.3, 0.4) is 0 Å². The summed E-state index contributed by atoms with van der Waals surface area (Å²) in [6.45, 7) is -0.0404. The molecule has 3 aromatic rings.